The van der Waals surface area contributed by atoms with Crippen molar-refractivity contribution in [1.29, 1.82) is 0 Å². The summed E-state index contributed by atoms with van der Waals surface area (Å²) in [5.41, 5.74) is 4.56. The Labute approximate surface area is 145 Å². The van der Waals surface area contributed by atoms with E-state index in [1.54, 1.807) is 0 Å². The van der Waals surface area contributed by atoms with E-state index in [0.717, 1.165) is 22.9 Å². The number of halogens is 3. The van der Waals surface area contributed by atoms with Gasteiger partial charge in [0.05, 0.1) is 16.4 Å². The molecule has 0 bridgehead atoms. The second-order valence-electron chi connectivity index (χ2n) is 5.13. The lowest BCUT2D eigenvalue weighted by molar-refractivity contribution is 0.0998. The van der Waals surface area contributed by atoms with Gasteiger partial charge in [0.25, 0.3) is 11.5 Å². The Balaban J connectivity index is 2.29. The van der Waals surface area contributed by atoms with Crippen molar-refractivity contribution in [3.63, 3.8) is 0 Å². The van der Waals surface area contributed by atoms with E-state index in [9.17, 15) is 18.4 Å². The maximum absolute atomic E-state index is 13.7. The molecule has 0 spiro atoms. The van der Waals surface area contributed by atoms with E-state index in [-0.39, 0.29) is 27.5 Å². The van der Waals surface area contributed by atoms with Crippen molar-refractivity contribution in [3.8, 4) is 16.9 Å². The lowest BCUT2D eigenvalue weighted by atomic mass is 10.1. The molecule has 2 N–H and O–H groups in total. The number of benzene rings is 2. The zero-order valence-corrected chi connectivity index (χ0v) is 13.3. The van der Waals surface area contributed by atoms with Gasteiger partial charge in [-0.2, -0.15) is 9.78 Å². The fraction of sp³-hybridized carbons (Fsp3) is 0. The molecule has 3 aromatic rings. The number of carbonyl (C=O) groups is 1. The molecule has 1 heterocycles. The first-order chi connectivity index (χ1) is 11.9. The van der Waals surface area contributed by atoms with Gasteiger partial charge in [-0.25, -0.2) is 8.78 Å². The van der Waals surface area contributed by atoms with Gasteiger partial charge < -0.3 is 5.73 Å². The third-order valence-electron chi connectivity index (χ3n) is 3.45. The second-order valence-corrected chi connectivity index (χ2v) is 5.54. The highest BCUT2D eigenvalue weighted by Gasteiger charge is 2.16. The van der Waals surface area contributed by atoms with Gasteiger partial charge in [0, 0.05) is 5.56 Å². The Bertz CT molecular complexity index is 1050. The van der Waals surface area contributed by atoms with E-state index in [1.807, 2.05) is 0 Å². The van der Waals surface area contributed by atoms with E-state index < -0.39 is 23.1 Å². The lowest BCUT2D eigenvalue weighted by Gasteiger charge is -2.10. The highest BCUT2D eigenvalue weighted by Crippen LogP contribution is 2.23. The van der Waals surface area contributed by atoms with Crippen LogP contribution in [-0.4, -0.2) is 15.7 Å². The number of aromatic nitrogens is 2. The molecule has 0 radical (unpaired) electrons. The summed E-state index contributed by atoms with van der Waals surface area (Å²) < 4.78 is 28.0. The monoisotopic (exact) mass is 361 g/mol. The number of rotatable bonds is 3. The van der Waals surface area contributed by atoms with Gasteiger partial charge in [-0.05, 0) is 36.4 Å². The summed E-state index contributed by atoms with van der Waals surface area (Å²) in [6.45, 7) is 0. The largest absolute Gasteiger partial charge is 0.365 e. The van der Waals surface area contributed by atoms with Crippen molar-refractivity contribution in [2.45, 2.75) is 0 Å². The Morgan fingerprint density at radius 3 is 2.52 bits per heavy atom. The molecule has 1 aromatic heterocycles. The maximum atomic E-state index is 13.7. The first-order valence-electron chi connectivity index (χ1n) is 7.02. The fourth-order valence-electron chi connectivity index (χ4n) is 2.25. The van der Waals surface area contributed by atoms with Gasteiger partial charge in [0.2, 0.25) is 0 Å². The van der Waals surface area contributed by atoms with Crippen LogP contribution in [0.4, 0.5) is 8.78 Å². The molecule has 0 fully saturated rings. The molecule has 1 amide bonds. The average Bonchev–Trinajstić information content (AvgIpc) is 2.57. The number of hydrogen-bond acceptors (Lipinski definition) is 3. The third kappa shape index (κ3) is 3.27. The number of carbonyl (C=O) groups excluding carboxylic acids is 1. The summed E-state index contributed by atoms with van der Waals surface area (Å²) in [6, 6.07) is 10.1. The minimum atomic E-state index is -0.978. The molecule has 2 aromatic carbocycles. The Morgan fingerprint density at radius 1 is 1.12 bits per heavy atom. The van der Waals surface area contributed by atoms with Gasteiger partial charge in [-0.15, -0.1) is 0 Å². The fourth-order valence-corrected chi connectivity index (χ4v) is 2.37. The topological polar surface area (TPSA) is 78.0 Å². The normalized spacial score (nSPS) is 10.7. The van der Waals surface area contributed by atoms with Crippen molar-refractivity contribution < 1.29 is 13.6 Å². The van der Waals surface area contributed by atoms with Crippen LogP contribution < -0.4 is 11.3 Å². The minimum Gasteiger partial charge on any atom is -0.365 e. The van der Waals surface area contributed by atoms with Gasteiger partial charge in [-0.3, -0.25) is 9.59 Å². The molecular formula is C17H10ClF2N3O2. The van der Waals surface area contributed by atoms with Crippen LogP contribution in [0.3, 0.4) is 0 Å². The van der Waals surface area contributed by atoms with E-state index in [2.05, 4.69) is 5.10 Å². The number of primary amides is 1. The molecule has 0 aliphatic rings. The Morgan fingerprint density at radius 2 is 1.88 bits per heavy atom. The van der Waals surface area contributed by atoms with Crippen LogP contribution in [0, 0.1) is 11.6 Å². The van der Waals surface area contributed by atoms with Crippen molar-refractivity contribution in [1.82, 2.24) is 9.78 Å². The molecule has 0 atom stereocenters. The van der Waals surface area contributed by atoms with Crippen LogP contribution in [0.5, 0.6) is 0 Å². The van der Waals surface area contributed by atoms with Gasteiger partial charge in [-0.1, -0.05) is 23.7 Å². The predicted octanol–water partition coefficient (Wildman–Crippen LogP) is 2.93. The summed E-state index contributed by atoms with van der Waals surface area (Å²) in [6.07, 6.45) is 0. The first kappa shape index (κ1) is 16.8. The van der Waals surface area contributed by atoms with Gasteiger partial charge in [0.15, 0.2) is 0 Å². The number of amides is 1. The molecule has 0 unspecified atom stereocenters. The second kappa shape index (κ2) is 6.45. The van der Waals surface area contributed by atoms with Crippen molar-refractivity contribution in [2.24, 2.45) is 5.73 Å². The predicted molar refractivity (Wildman–Crippen MR) is 88.7 cm³/mol. The van der Waals surface area contributed by atoms with E-state index >= 15 is 0 Å². The van der Waals surface area contributed by atoms with E-state index in [1.165, 1.54) is 30.3 Å². The summed E-state index contributed by atoms with van der Waals surface area (Å²) in [5.74, 6) is -2.26. The van der Waals surface area contributed by atoms with Crippen LogP contribution in [0.2, 0.25) is 5.02 Å². The van der Waals surface area contributed by atoms with E-state index in [0.29, 0.717) is 0 Å². The highest BCUT2D eigenvalue weighted by molar-refractivity contribution is 6.30. The van der Waals surface area contributed by atoms with Gasteiger partial charge in [0.1, 0.15) is 17.2 Å². The summed E-state index contributed by atoms with van der Waals surface area (Å²) in [4.78, 5) is 24.0. The molecule has 0 saturated carbocycles. The standard InChI is InChI=1S/C17H10ClF2N3O2/c18-13-5-4-9(6-14(13)20)15-8-12(16(21)24)17(25)23(22-15)11-3-1-2-10(19)7-11/h1-8H,(H2,21,24). The molecule has 0 saturated heterocycles. The highest BCUT2D eigenvalue weighted by atomic mass is 35.5. The maximum Gasteiger partial charge on any atom is 0.284 e. The van der Waals surface area contributed by atoms with Crippen LogP contribution in [0.15, 0.2) is 53.3 Å². The molecule has 3 rings (SSSR count). The lowest BCUT2D eigenvalue weighted by Crippen LogP contribution is -2.30. The summed E-state index contributed by atoms with van der Waals surface area (Å²) in [5, 5.41) is 4.00. The van der Waals surface area contributed by atoms with E-state index in [4.69, 9.17) is 17.3 Å². The van der Waals surface area contributed by atoms with Gasteiger partial charge >= 0.3 is 0 Å². The zero-order valence-electron chi connectivity index (χ0n) is 12.5. The number of hydrogen-bond donors (Lipinski definition) is 1. The molecule has 126 valence electrons. The molecule has 0 aliphatic carbocycles. The molecule has 8 heteroatoms. The molecular weight excluding hydrogens is 352 g/mol. The summed E-state index contributed by atoms with van der Waals surface area (Å²) in [7, 11) is 0. The quantitative estimate of drug-likeness (QED) is 0.779. The van der Waals surface area contributed by atoms with Crippen molar-refractivity contribution in [2.75, 3.05) is 0 Å². The number of nitrogens with two attached hydrogens (primary N) is 1. The van der Waals surface area contributed by atoms with Crippen LogP contribution >= 0.6 is 11.6 Å². The Kier molecular flexibility index (Phi) is 4.33. The third-order valence-corrected chi connectivity index (χ3v) is 3.75. The minimum absolute atomic E-state index is 0.0858. The van der Waals surface area contributed by atoms with Crippen LogP contribution in [-0.2, 0) is 0 Å². The molecule has 0 aliphatic heterocycles. The molecule has 5 nitrogen and oxygen atoms in total. The SMILES string of the molecule is NC(=O)c1cc(-c2ccc(Cl)c(F)c2)nn(-c2cccc(F)c2)c1=O. The Hall–Kier alpha value is -3.06. The van der Waals surface area contributed by atoms with Crippen LogP contribution in [0.1, 0.15) is 10.4 Å². The summed E-state index contributed by atoms with van der Waals surface area (Å²) >= 11 is 5.65. The van der Waals surface area contributed by atoms with Crippen LogP contribution in [0.25, 0.3) is 16.9 Å². The van der Waals surface area contributed by atoms with Crippen molar-refractivity contribution >= 4 is 17.5 Å². The van der Waals surface area contributed by atoms with Crippen molar-refractivity contribution in [3.05, 3.63) is 81.1 Å². The number of nitrogens with zero attached hydrogens (tertiary/aromatic N) is 2. The smallest absolute Gasteiger partial charge is 0.284 e. The first-order valence-corrected chi connectivity index (χ1v) is 7.40. The average molecular weight is 362 g/mol. The zero-order chi connectivity index (χ0) is 18.1. The molecule has 25 heavy (non-hydrogen) atoms.